The molecule has 1 N–H and O–H groups in total. The largest absolute Gasteiger partial charge is 0.497 e. The number of ether oxygens (including phenoxy) is 2. The summed E-state index contributed by atoms with van der Waals surface area (Å²) in [6, 6.07) is 8.76. The minimum Gasteiger partial charge on any atom is -0.497 e. The number of anilines is 2. The van der Waals surface area contributed by atoms with Crippen LogP contribution in [0.4, 0.5) is 11.5 Å². The number of fused-ring (bicyclic) bond motifs is 1. The number of benzene rings is 1. The number of methoxy groups -OCH3 is 1. The normalized spacial score (nSPS) is 30.0. The molecule has 4 unspecified atom stereocenters. The van der Waals surface area contributed by atoms with E-state index in [0.717, 1.165) is 0 Å². The Morgan fingerprint density at radius 1 is 1.36 bits per heavy atom. The van der Waals surface area contributed by atoms with Crippen LogP contribution >= 0.6 is 0 Å². The second kappa shape index (κ2) is 5.93. The van der Waals surface area contributed by atoms with Crippen molar-refractivity contribution in [2.45, 2.75) is 18.6 Å². The van der Waals surface area contributed by atoms with E-state index < -0.39 is 23.5 Å². The lowest BCUT2D eigenvalue weighted by Crippen LogP contribution is -2.41. The Bertz CT molecular complexity index is 982. The van der Waals surface area contributed by atoms with Gasteiger partial charge in [0.2, 0.25) is 11.8 Å². The van der Waals surface area contributed by atoms with Crippen molar-refractivity contribution < 1.29 is 23.6 Å². The van der Waals surface area contributed by atoms with Crippen LogP contribution in [0.5, 0.6) is 5.75 Å². The number of amides is 2. The second-order valence-corrected chi connectivity index (χ2v) is 7.34. The van der Waals surface area contributed by atoms with Crippen molar-refractivity contribution in [2.24, 2.45) is 11.8 Å². The average Bonchev–Trinajstić information content (AvgIpc) is 3.43. The number of aryl methyl sites for hydroxylation is 1. The van der Waals surface area contributed by atoms with E-state index in [1.54, 1.807) is 49.3 Å². The van der Waals surface area contributed by atoms with Gasteiger partial charge in [0, 0.05) is 11.8 Å². The summed E-state index contributed by atoms with van der Waals surface area (Å²) in [5, 5.41) is 6.84. The van der Waals surface area contributed by atoms with Crippen LogP contribution in [0, 0.1) is 18.8 Å². The van der Waals surface area contributed by atoms with Gasteiger partial charge in [-0.1, -0.05) is 17.3 Å². The molecule has 2 amide bonds. The lowest BCUT2D eigenvalue weighted by molar-refractivity contribution is -0.128. The van der Waals surface area contributed by atoms with Crippen molar-refractivity contribution >= 4 is 23.3 Å². The number of rotatable bonds is 4. The van der Waals surface area contributed by atoms with Crippen molar-refractivity contribution in [3.63, 3.8) is 0 Å². The molecule has 1 aromatic heterocycles. The highest BCUT2D eigenvalue weighted by Crippen LogP contribution is 2.52. The van der Waals surface area contributed by atoms with Crippen LogP contribution in [0.25, 0.3) is 0 Å². The molecule has 2 aromatic rings. The highest BCUT2D eigenvalue weighted by molar-refractivity contribution is 6.05. The number of nitrogens with zero attached hydrogens (tertiary/aromatic N) is 2. The fourth-order valence-corrected chi connectivity index (χ4v) is 4.37. The first-order chi connectivity index (χ1) is 13.5. The third kappa shape index (κ3) is 2.37. The molecule has 0 saturated carbocycles. The van der Waals surface area contributed by atoms with Crippen molar-refractivity contribution in [2.75, 3.05) is 23.9 Å². The van der Waals surface area contributed by atoms with E-state index >= 15 is 0 Å². The summed E-state index contributed by atoms with van der Waals surface area (Å²) in [4.78, 5) is 27.7. The summed E-state index contributed by atoms with van der Waals surface area (Å²) < 4.78 is 16.3. The molecule has 2 fully saturated rings. The molecule has 144 valence electrons. The van der Waals surface area contributed by atoms with Crippen LogP contribution in [0.2, 0.25) is 0 Å². The average molecular weight is 381 g/mol. The number of carbonyl (C=O) groups is 2. The molecular formula is C20H19N3O5. The van der Waals surface area contributed by atoms with Crippen LogP contribution < -0.4 is 15.0 Å². The Labute approximate surface area is 161 Å². The van der Waals surface area contributed by atoms with Crippen molar-refractivity contribution in [3.8, 4) is 5.75 Å². The zero-order valence-electron chi connectivity index (χ0n) is 15.4. The lowest BCUT2D eigenvalue weighted by Gasteiger charge is -2.23. The molecule has 28 heavy (non-hydrogen) atoms. The van der Waals surface area contributed by atoms with Gasteiger partial charge in [-0.15, -0.1) is 0 Å². The molecule has 4 atom stereocenters. The highest BCUT2D eigenvalue weighted by atomic mass is 16.5. The smallest absolute Gasteiger partial charge is 0.235 e. The van der Waals surface area contributed by atoms with Crippen molar-refractivity contribution in [3.05, 3.63) is 48.2 Å². The van der Waals surface area contributed by atoms with E-state index in [1.165, 1.54) is 0 Å². The summed E-state index contributed by atoms with van der Waals surface area (Å²) in [7, 11) is 1.58. The molecule has 3 aliphatic rings. The number of hydrogen-bond acceptors (Lipinski definition) is 6. The number of hydrogen-bond donors (Lipinski definition) is 1. The van der Waals surface area contributed by atoms with E-state index in [2.05, 4.69) is 10.5 Å². The predicted molar refractivity (Wildman–Crippen MR) is 98.9 cm³/mol. The summed E-state index contributed by atoms with van der Waals surface area (Å²) in [6.45, 7) is 2.09. The first kappa shape index (κ1) is 17.0. The number of aromatic nitrogens is 1. The third-order valence-corrected chi connectivity index (χ3v) is 5.65. The Kier molecular flexibility index (Phi) is 3.60. The standard InChI is InChI=1S/C20H19N3O5/c1-11-9-15(22-28-11)23-10-20-8-7-14(27-20)16(17(20)19(23)25)18(24)21-12-3-5-13(26-2)6-4-12/h3-9,14,16-17H,10H2,1-2H3,(H,21,24). The van der Waals surface area contributed by atoms with E-state index in [4.69, 9.17) is 14.0 Å². The zero-order valence-corrected chi connectivity index (χ0v) is 15.4. The molecule has 2 saturated heterocycles. The second-order valence-electron chi connectivity index (χ2n) is 7.34. The summed E-state index contributed by atoms with van der Waals surface area (Å²) >= 11 is 0. The quantitative estimate of drug-likeness (QED) is 0.814. The van der Waals surface area contributed by atoms with Crippen molar-refractivity contribution in [1.82, 2.24) is 5.16 Å². The maximum absolute atomic E-state index is 13.2. The van der Waals surface area contributed by atoms with Crippen LogP contribution in [0.15, 0.2) is 47.0 Å². The van der Waals surface area contributed by atoms with Crippen molar-refractivity contribution in [1.29, 1.82) is 0 Å². The van der Waals surface area contributed by atoms with E-state index in [9.17, 15) is 9.59 Å². The number of carbonyl (C=O) groups excluding carboxylic acids is 2. The van der Waals surface area contributed by atoms with Gasteiger partial charge in [-0.05, 0) is 31.2 Å². The molecule has 8 nitrogen and oxygen atoms in total. The molecule has 1 spiro atoms. The zero-order chi connectivity index (χ0) is 19.5. The van der Waals surface area contributed by atoms with Gasteiger partial charge in [-0.2, -0.15) is 0 Å². The number of nitrogens with one attached hydrogen (secondary N) is 1. The topological polar surface area (TPSA) is 93.9 Å². The van der Waals surface area contributed by atoms with Gasteiger partial charge in [0.1, 0.15) is 17.1 Å². The molecule has 0 aliphatic carbocycles. The molecular weight excluding hydrogens is 362 g/mol. The van der Waals surface area contributed by atoms with Crippen LogP contribution in [-0.2, 0) is 14.3 Å². The van der Waals surface area contributed by atoms with Gasteiger partial charge in [0.15, 0.2) is 5.82 Å². The molecule has 4 heterocycles. The van der Waals surface area contributed by atoms with Crippen LogP contribution in [0.3, 0.4) is 0 Å². The Balaban J connectivity index is 1.41. The van der Waals surface area contributed by atoms with Gasteiger partial charge in [-0.3, -0.25) is 14.5 Å². The monoisotopic (exact) mass is 381 g/mol. The van der Waals surface area contributed by atoms with Gasteiger partial charge in [-0.25, -0.2) is 0 Å². The van der Waals surface area contributed by atoms with E-state index in [-0.39, 0.29) is 11.8 Å². The Morgan fingerprint density at radius 3 is 2.82 bits per heavy atom. The predicted octanol–water partition coefficient (Wildman–Crippen LogP) is 1.92. The fourth-order valence-electron chi connectivity index (χ4n) is 4.37. The molecule has 2 bridgehead atoms. The minimum absolute atomic E-state index is 0.171. The maximum atomic E-state index is 13.2. The summed E-state index contributed by atoms with van der Waals surface area (Å²) in [6.07, 6.45) is 3.37. The SMILES string of the molecule is COc1ccc(NC(=O)C2C3C=CC4(CN(c5cc(C)on5)C(=O)C24)O3)cc1. The minimum atomic E-state index is -0.795. The first-order valence-electron chi connectivity index (χ1n) is 9.07. The van der Waals surface area contributed by atoms with Gasteiger partial charge < -0.3 is 19.3 Å². The van der Waals surface area contributed by atoms with Gasteiger partial charge in [0.25, 0.3) is 0 Å². The summed E-state index contributed by atoms with van der Waals surface area (Å²) in [5.41, 5.74) is -0.155. The molecule has 0 radical (unpaired) electrons. The lowest BCUT2D eigenvalue weighted by atomic mass is 9.77. The maximum Gasteiger partial charge on any atom is 0.235 e. The molecule has 1 aromatic carbocycles. The molecule has 3 aliphatic heterocycles. The van der Waals surface area contributed by atoms with E-state index in [1.807, 2.05) is 12.2 Å². The fraction of sp³-hybridized carbons (Fsp3) is 0.350. The van der Waals surface area contributed by atoms with E-state index in [0.29, 0.717) is 29.6 Å². The molecule has 8 heteroatoms. The third-order valence-electron chi connectivity index (χ3n) is 5.65. The van der Waals surface area contributed by atoms with Gasteiger partial charge >= 0.3 is 0 Å². The Hall–Kier alpha value is -3.13. The Morgan fingerprint density at radius 2 is 2.14 bits per heavy atom. The van der Waals surface area contributed by atoms with Gasteiger partial charge in [0.05, 0.1) is 31.6 Å². The van der Waals surface area contributed by atoms with Crippen LogP contribution in [0.1, 0.15) is 5.76 Å². The molecule has 5 rings (SSSR count). The van der Waals surface area contributed by atoms with Crippen LogP contribution in [-0.4, -0.2) is 42.3 Å². The summed E-state index contributed by atoms with van der Waals surface area (Å²) in [5.74, 6) is 0.170. The highest BCUT2D eigenvalue weighted by Gasteiger charge is 2.67. The first-order valence-corrected chi connectivity index (χ1v) is 9.07.